The summed E-state index contributed by atoms with van der Waals surface area (Å²) in [7, 11) is 0. The number of anilines is 2. The van der Waals surface area contributed by atoms with Gasteiger partial charge in [-0.2, -0.15) is 0 Å². The minimum absolute atomic E-state index is 0.00160. The van der Waals surface area contributed by atoms with Gasteiger partial charge in [-0.1, -0.05) is 21.1 Å². The number of halogens is 3. The van der Waals surface area contributed by atoms with E-state index in [0.717, 1.165) is 6.07 Å². The topological polar surface area (TPSA) is 88.2 Å². The van der Waals surface area contributed by atoms with Crippen molar-refractivity contribution in [2.24, 2.45) is 0 Å². The van der Waals surface area contributed by atoms with Gasteiger partial charge in [-0.15, -0.1) is 0 Å². The van der Waals surface area contributed by atoms with Gasteiger partial charge in [-0.05, 0) is 25.1 Å². The first-order valence-electron chi connectivity index (χ1n) is 6.29. The van der Waals surface area contributed by atoms with E-state index >= 15 is 0 Å². The Morgan fingerprint density at radius 3 is 2.78 bits per heavy atom. The molecule has 0 aliphatic rings. The molecule has 0 fully saturated rings. The highest BCUT2D eigenvalue weighted by molar-refractivity contribution is 9.10. The van der Waals surface area contributed by atoms with Crippen molar-refractivity contribution >= 4 is 44.4 Å². The highest BCUT2D eigenvalue weighted by Crippen LogP contribution is 2.31. The Bertz CT molecular complexity index is 943. The third-order valence-corrected chi connectivity index (χ3v) is 3.60. The number of pyridine rings is 1. The fourth-order valence-electron chi connectivity index (χ4n) is 2.02. The first-order chi connectivity index (χ1) is 10.9. The Balaban J connectivity index is 2.21. The van der Waals surface area contributed by atoms with Gasteiger partial charge in [0.15, 0.2) is 11.5 Å². The van der Waals surface area contributed by atoms with Crippen LogP contribution in [0.1, 0.15) is 16.2 Å². The second-order valence-corrected chi connectivity index (χ2v) is 5.57. The first-order valence-corrected chi connectivity index (χ1v) is 7.08. The van der Waals surface area contributed by atoms with Crippen LogP contribution in [0, 0.1) is 18.6 Å². The molecule has 0 spiro atoms. The van der Waals surface area contributed by atoms with E-state index < -0.39 is 29.0 Å². The van der Waals surface area contributed by atoms with Crippen LogP contribution in [-0.4, -0.2) is 21.2 Å². The van der Waals surface area contributed by atoms with E-state index in [1.165, 1.54) is 19.1 Å². The van der Waals surface area contributed by atoms with E-state index in [9.17, 15) is 18.7 Å². The molecule has 0 aliphatic heterocycles. The van der Waals surface area contributed by atoms with E-state index in [4.69, 9.17) is 4.52 Å². The summed E-state index contributed by atoms with van der Waals surface area (Å²) in [5.74, 6) is -3.16. The Morgan fingerprint density at radius 1 is 1.39 bits per heavy atom. The maximum Gasteiger partial charge on any atom is 0.356 e. The van der Waals surface area contributed by atoms with Crippen molar-refractivity contribution in [3.63, 3.8) is 0 Å². The SMILES string of the molecule is Cc1noc2c(F)c(Nc3ccc(Br)cc3F)c(C(=O)O)nc12. The van der Waals surface area contributed by atoms with Gasteiger partial charge >= 0.3 is 5.97 Å². The minimum atomic E-state index is -1.47. The zero-order valence-corrected chi connectivity index (χ0v) is 13.1. The van der Waals surface area contributed by atoms with Crippen molar-refractivity contribution < 1.29 is 23.2 Å². The second kappa shape index (κ2) is 5.58. The second-order valence-electron chi connectivity index (χ2n) is 4.65. The predicted octanol–water partition coefficient (Wildman–Crippen LogP) is 4.01. The smallest absolute Gasteiger partial charge is 0.356 e. The van der Waals surface area contributed by atoms with Crippen LogP contribution in [-0.2, 0) is 0 Å². The molecule has 0 radical (unpaired) electrons. The number of carboxylic acid groups (broad SMARTS) is 1. The molecule has 1 aromatic carbocycles. The molecule has 0 saturated carbocycles. The number of benzene rings is 1. The van der Waals surface area contributed by atoms with Crippen LogP contribution in [0.5, 0.6) is 0 Å². The molecular formula is C14H8BrF2N3O3. The van der Waals surface area contributed by atoms with Crippen LogP contribution in [0.15, 0.2) is 27.2 Å². The van der Waals surface area contributed by atoms with E-state index in [-0.39, 0.29) is 22.5 Å². The summed E-state index contributed by atoms with van der Waals surface area (Å²) in [6.07, 6.45) is 0. The Morgan fingerprint density at radius 2 is 2.13 bits per heavy atom. The van der Waals surface area contributed by atoms with Crippen molar-refractivity contribution in [1.82, 2.24) is 10.1 Å². The normalized spacial score (nSPS) is 11.0. The molecule has 118 valence electrons. The van der Waals surface area contributed by atoms with Crippen molar-refractivity contribution in [2.75, 3.05) is 5.32 Å². The Kier molecular flexibility index (Phi) is 3.72. The largest absolute Gasteiger partial charge is 0.476 e. The molecule has 2 aromatic heterocycles. The molecule has 23 heavy (non-hydrogen) atoms. The monoisotopic (exact) mass is 383 g/mol. The summed E-state index contributed by atoms with van der Waals surface area (Å²) in [5.41, 5.74) is -1.24. The summed E-state index contributed by atoms with van der Waals surface area (Å²) in [6, 6.07) is 4.01. The number of hydrogen-bond acceptors (Lipinski definition) is 5. The van der Waals surface area contributed by atoms with E-state index in [1.54, 1.807) is 0 Å². The molecule has 2 N–H and O–H groups in total. The number of rotatable bonds is 3. The van der Waals surface area contributed by atoms with E-state index in [1.807, 2.05) is 0 Å². The molecule has 3 aromatic rings. The molecule has 6 nitrogen and oxygen atoms in total. The molecule has 2 heterocycles. The lowest BCUT2D eigenvalue weighted by molar-refractivity contribution is 0.0691. The van der Waals surface area contributed by atoms with Crippen LogP contribution in [0.4, 0.5) is 20.2 Å². The number of nitrogens with zero attached hydrogens (tertiary/aromatic N) is 2. The molecular weight excluding hydrogens is 376 g/mol. The number of aryl methyl sites for hydroxylation is 1. The molecule has 0 aliphatic carbocycles. The lowest BCUT2D eigenvalue weighted by atomic mass is 10.2. The minimum Gasteiger partial charge on any atom is -0.476 e. The predicted molar refractivity (Wildman–Crippen MR) is 80.8 cm³/mol. The Labute approximate surface area is 136 Å². The number of hydrogen-bond donors (Lipinski definition) is 2. The summed E-state index contributed by atoms with van der Waals surface area (Å²) >= 11 is 3.10. The fourth-order valence-corrected chi connectivity index (χ4v) is 2.35. The zero-order chi connectivity index (χ0) is 16.7. The van der Waals surface area contributed by atoms with E-state index in [0.29, 0.717) is 4.47 Å². The summed E-state index contributed by atoms with van der Waals surface area (Å²) < 4.78 is 33.8. The molecule has 0 amide bonds. The Hall–Kier alpha value is -2.55. The molecule has 9 heteroatoms. The summed E-state index contributed by atoms with van der Waals surface area (Å²) in [5, 5.41) is 15.2. The standard InChI is InChI=1S/C14H8BrF2N3O3/c1-5-10-13(23-20-5)9(17)11(12(19-10)14(21)22)18-8-3-2-6(15)4-7(8)16/h2-4,18H,1H3,(H,21,22). The maximum absolute atomic E-state index is 14.6. The highest BCUT2D eigenvalue weighted by atomic mass is 79.9. The summed E-state index contributed by atoms with van der Waals surface area (Å²) in [4.78, 5) is 15.2. The lowest BCUT2D eigenvalue weighted by Crippen LogP contribution is -2.09. The van der Waals surface area contributed by atoms with E-state index in [2.05, 4.69) is 31.4 Å². The first kappa shape index (κ1) is 15.3. The lowest BCUT2D eigenvalue weighted by Gasteiger charge is -2.11. The number of carboxylic acids is 1. The number of nitrogens with one attached hydrogen (secondary N) is 1. The van der Waals surface area contributed by atoms with Crippen LogP contribution >= 0.6 is 15.9 Å². The van der Waals surface area contributed by atoms with Crippen molar-refractivity contribution in [2.45, 2.75) is 6.92 Å². The van der Waals surface area contributed by atoms with Gasteiger partial charge in [0.25, 0.3) is 0 Å². The quantitative estimate of drug-likeness (QED) is 0.710. The van der Waals surface area contributed by atoms with Crippen LogP contribution < -0.4 is 5.32 Å². The molecule has 0 bridgehead atoms. The van der Waals surface area contributed by atoms with Gasteiger partial charge in [-0.25, -0.2) is 18.6 Å². The van der Waals surface area contributed by atoms with Crippen LogP contribution in [0.3, 0.4) is 0 Å². The van der Waals surface area contributed by atoms with Crippen LogP contribution in [0.2, 0.25) is 0 Å². The van der Waals surface area contributed by atoms with Crippen molar-refractivity contribution in [3.05, 3.63) is 45.7 Å². The van der Waals surface area contributed by atoms with Gasteiger partial charge < -0.3 is 14.9 Å². The third-order valence-electron chi connectivity index (χ3n) is 3.10. The molecule has 0 unspecified atom stereocenters. The number of carbonyl (C=O) groups is 1. The van der Waals surface area contributed by atoms with Gasteiger partial charge in [0.2, 0.25) is 5.58 Å². The zero-order valence-electron chi connectivity index (χ0n) is 11.5. The summed E-state index contributed by atoms with van der Waals surface area (Å²) in [6.45, 7) is 1.51. The fraction of sp³-hybridized carbons (Fsp3) is 0.0714. The van der Waals surface area contributed by atoms with Gasteiger partial charge in [0.1, 0.15) is 22.7 Å². The maximum atomic E-state index is 14.6. The van der Waals surface area contributed by atoms with Crippen molar-refractivity contribution in [3.8, 4) is 0 Å². The highest BCUT2D eigenvalue weighted by Gasteiger charge is 2.24. The number of aromatic carboxylic acids is 1. The third kappa shape index (κ3) is 2.63. The van der Waals surface area contributed by atoms with Gasteiger partial charge in [0, 0.05) is 4.47 Å². The molecule has 3 rings (SSSR count). The van der Waals surface area contributed by atoms with Crippen molar-refractivity contribution in [1.29, 1.82) is 0 Å². The number of aromatic nitrogens is 2. The molecule has 0 saturated heterocycles. The van der Waals surface area contributed by atoms with Crippen LogP contribution in [0.25, 0.3) is 11.1 Å². The average Bonchev–Trinajstić information content (AvgIpc) is 2.85. The molecule has 0 atom stereocenters. The van der Waals surface area contributed by atoms with Gasteiger partial charge in [0.05, 0.1) is 5.69 Å². The van der Waals surface area contributed by atoms with Gasteiger partial charge in [-0.3, -0.25) is 0 Å². The number of fused-ring (bicyclic) bond motifs is 1. The average molecular weight is 384 g/mol.